The molecule has 0 fully saturated rings. The van der Waals surface area contributed by atoms with E-state index < -0.39 is 0 Å². The predicted octanol–water partition coefficient (Wildman–Crippen LogP) is 5.53. The second-order valence-electron chi connectivity index (χ2n) is 6.80. The lowest BCUT2D eigenvalue weighted by molar-refractivity contribution is 0.0949. The molecule has 0 aliphatic rings. The number of hydrogen-bond acceptors (Lipinski definition) is 2. The van der Waals surface area contributed by atoms with Crippen LogP contribution in [0.15, 0.2) is 24.3 Å². The van der Waals surface area contributed by atoms with Gasteiger partial charge in [0.2, 0.25) is 0 Å². The molecule has 3 heteroatoms. The highest BCUT2D eigenvalue weighted by atomic mass is 16.1. The highest BCUT2D eigenvalue weighted by Gasteiger charge is 2.10. The first kappa shape index (κ1) is 20.4. The van der Waals surface area contributed by atoms with E-state index in [1.165, 1.54) is 56.9 Å². The van der Waals surface area contributed by atoms with Crippen molar-refractivity contribution in [2.45, 2.75) is 84.6 Å². The zero-order valence-electron chi connectivity index (χ0n) is 15.7. The molecule has 0 aliphatic heterocycles. The monoisotopic (exact) mass is 330 g/mol. The topological polar surface area (TPSA) is 53.0 Å². The number of unbranched alkanes of at least 4 members (excludes halogenated alkanes) is 7. The third kappa shape index (κ3) is 8.28. The van der Waals surface area contributed by atoms with Gasteiger partial charge in [-0.1, -0.05) is 64.0 Å². The van der Waals surface area contributed by atoms with Crippen LogP contribution in [0.3, 0.4) is 0 Å². The van der Waals surface area contributed by atoms with Gasteiger partial charge in [0.25, 0.3) is 5.91 Å². The van der Waals surface area contributed by atoms with Crippen LogP contribution in [-0.4, -0.2) is 17.7 Å². The van der Waals surface area contributed by atoms with Crippen LogP contribution >= 0.6 is 0 Å². The average Bonchev–Trinajstić information content (AvgIpc) is 2.57. The molecule has 1 atom stereocenters. The lowest BCUT2D eigenvalue weighted by Crippen LogP contribution is -2.36. The SMILES string of the molecule is CCCCCCCCCCc1ccc(C(=O)NC(C)C(C)=N)cc1. The van der Waals surface area contributed by atoms with E-state index in [9.17, 15) is 4.79 Å². The van der Waals surface area contributed by atoms with Crippen LogP contribution in [0, 0.1) is 5.41 Å². The Morgan fingerprint density at radius 3 is 2.08 bits per heavy atom. The maximum absolute atomic E-state index is 12.1. The third-order valence-corrected chi connectivity index (χ3v) is 4.53. The summed E-state index contributed by atoms with van der Waals surface area (Å²) in [5, 5.41) is 10.4. The molecule has 1 rings (SSSR count). The van der Waals surface area contributed by atoms with Gasteiger partial charge in [0, 0.05) is 11.3 Å². The fourth-order valence-corrected chi connectivity index (χ4v) is 2.67. The Bertz CT molecular complexity index is 493. The Kier molecular flexibility index (Phi) is 10.1. The van der Waals surface area contributed by atoms with Crippen LogP contribution in [0.4, 0.5) is 0 Å². The van der Waals surface area contributed by atoms with Crippen LogP contribution in [-0.2, 0) is 6.42 Å². The van der Waals surface area contributed by atoms with Crippen LogP contribution in [0.25, 0.3) is 0 Å². The second-order valence-corrected chi connectivity index (χ2v) is 6.80. The first-order chi connectivity index (χ1) is 11.5. The molecule has 2 N–H and O–H groups in total. The van der Waals surface area contributed by atoms with Gasteiger partial charge < -0.3 is 10.7 Å². The van der Waals surface area contributed by atoms with Crippen molar-refractivity contribution in [3.8, 4) is 0 Å². The highest BCUT2D eigenvalue weighted by Crippen LogP contribution is 2.12. The molecule has 1 amide bonds. The Morgan fingerprint density at radius 2 is 1.54 bits per heavy atom. The van der Waals surface area contributed by atoms with Gasteiger partial charge >= 0.3 is 0 Å². The molecule has 0 aromatic heterocycles. The summed E-state index contributed by atoms with van der Waals surface area (Å²) < 4.78 is 0. The van der Waals surface area contributed by atoms with E-state index >= 15 is 0 Å². The van der Waals surface area contributed by atoms with Gasteiger partial charge in [0.1, 0.15) is 0 Å². The van der Waals surface area contributed by atoms with Gasteiger partial charge in [0.05, 0.1) is 6.04 Å². The lowest BCUT2D eigenvalue weighted by atomic mass is 10.0. The van der Waals surface area contributed by atoms with Gasteiger partial charge in [0.15, 0.2) is 0 Å². The molecule has 3 nitrogen and oxygen atoms in total. The van der Waals surface area contributed by atoms with Crippen molar-refractivity contribution in [2.24, 2.45) is 0 Å². The normalized spacial score (nSPS) is 12.0. The summed E-state index contributed by atoms with van der Waals surface area (Å²) in [6.07, 6.45) is 11.8. The molecule has 1 aromatic carbocycles. The largest absolute Gasteiger partial charge is 0.344 e. The summed E-state index contributed by atoms with van der Waals surface area (Å²) in [5.74, 6) is -0.104. The van der Waals surface area contributed by atoms with Crippen molar-refractivity contribution in [2.75, 3.05) is 0 Å². The zero-order valence-corrected chi connectivity index (χ0v) is 15.7. The smallest absolute Gasteiger partial charge is 0.251 e. The van der Waals surface area contributed by atoms with E-state index in [0.29, 0.717) is 11.3 Å². The van der Waals surface area contributed by atoms with Crippen molar-refractivity contribution in [1.82, 2.24) is 5.32 Å². The number of amides is 1. The first-order valence-electron chi connectivity index (χ1n) is 9.49. The molecule has 0 aliphatic carbocycles. The fourth-order valence-electron chi connectivity index (χ4n) is 2.67. The number of carbonyl (C=O) groups excluding carboxylic acids is 1. The summed E-state index contributed by atoms with van der Waals surface area (Å²) >= 11 is 0. The summed E-state index contributed by atoms with van der Waals surface area (Å²) in [7, 11) is 0. The minimum atomic E-state index is -0.213. The zero-order chi connectivity index (χ0) is 17.8. The van der Waals surface area contributed by atoms with Crippen LogP contribution in [0.2, 0.25) is 0 Å². The lowest BCUT2D eigenvalue weighted by Gasteiger charge is -2.12. The number of nitrogens with one attached hydrogen (secondary N) is 2. The van der Waals surface area contributed by atoms with Crippen molar-refractivity contribution < 1.29 is 4.79 Å². The Labute approximate surface area is 147 Å². The molecule has 24 heavy (non-hydrogen) atoms. The van der Waals surface area contributed by atoms with Crippen LogP contribution < -0.4 is 5.32 Å². The number of aryl methyl sites for hydroxylation is 1. The Hall–Kier alpha value is -1.64. The molecule has 0 radical (unpaired) electrons. The minimum absolute atomic E-state index is 0.104. The maximum Gasteiger partial charge on any atom is 0.251 e. The van der Waals surface area contributed by atoms with Crippen molar-refractivity contribution in [3.63, 3.8) is 0 Å². The van der Waals surface area contributed by atoms with E-state index in [-0.39, 0.29) is 11.9 Å². The highest BCUT2D eigenvalue weighted by molar-refractivity contribution is 5.97. The summed E-state index contributed by atoms with van der Waals surface area (Å²) in [5.41, 5.74) is 2.44. The molecule has 1 aromatic rings. The number of carbonyl (C=O) groups is 1. The number of hydrogen-bond donors (Lipinski definition) is 2. The van der Waals surface area contributed by atoms with Gasteiger partial charge in [-0.3, -0.25) is 4.79 Å². The van der Waals surface area contributed by atoms with Crippen LogP contribution in [0.5, 0.6) is 0 Å². The average molecular weight is 331 g/mol. The minimum Gasteiger partial charge on any atom is -0.344 e. The Morgan fingerprint density at radius 1 is 1.00 bits per heavy atom. The van der Waals surface area contributed by atoms with Crippen molar-refractivity contribution in [1.29, 1.82) is 5.41 Å². The quantitative estimate of drug-likeness (QED) is 0.384. The fraction of sp³-hybridized carbons (Fsp3) is 0.619. The maximum atomic E-state index is 12.1. The predicted molar refractivity (Wildman–Crippen MR) is 103 cm³/mol. The Balaban J connectivity index is 2.25. The van der Waals surface area contributed by atoms with E-state index in [0.717, 1.165) is 6.42 Å². The molecule has 0 saturated heterocycles. The number of benzene rings is 1. The van der Waals surface area contributed by atoms with E-state index in [4.69, 9.17) is 5.41 Å². The first-order valence-corrected chi connectivity index (χ1v) is 9.49. The standard InChI is InChI=1S/C21H34N2O/c1-4-5-6-7-8-9-10-11-12-19-13-15-20(16-14-19)21(24)23-18(3)17(2)22/h13-16,18,22H,4-12H2,1-3H3,(H,23,24). The van der Waals surface area contributed by atoms with E-state index in [1.807, 2.05) is 19.1 Å². The molecule has 0 spiro atoms. The van der Waals surface area contributed by atoms with E-state index in [1.54, 1.807) is 6.92 Å². The molecule has 134 valence electrons. The molecular formula is C21H34N2O. The van der Waals surface area contributed by atoms with Gasteiger partial charge in [-0.25, -0.2) is 0 Å². The van der Waals surface area contributed by atoms with E-state index in [2.05, 4.69) is 24.4 Å². The molecule has 1 unspecified atom stereocenters. The third-order valence-electron chi connectivity index (χ3n) is 4.53. The second kappa shape index (κ2) is 11.8. The summed E-state index contributed by atoms with van der Waals surface area (Å²) in [4.78, 5) is 12.1. The van der Waals surface area contributed by atoms with Crippen molar-refractivity contribution >= 4 is 11.6 Å². The molecule has 0 bridgehead atoms. The summed E-state index contributed by atoms with van der Waals surface area (Å²) in [6.45, 7) is 5.79. The molecule has 0 saturated carbocycles. The summed E-state index contributed by atoms with van der Waals surface area (Å²) in [6, 6.07) is 7.67. The van der Waals surface area contributed by atoms with Crippen molar-refractivity contribution in [3.05, 3.63) is 35.4 Å². The van der Waals surface area contributed by atoms with Gasteiger partial charge in [-0.15, -0.1) is 0 Å². The molecular weight excluding hydrogens is 296 g/mol. The molecule has 0 heterocycles. The van der Waals surface area contributed by atoms with Gasteiger partial charge in [-0.05, 0) is 44.4 Å². The van der Waals surface area contributed by atoms with Crippen LogP contribution in [0.1, 0.15) is 88.1 Å². The van der Waals surface area contributed by atoms with Gasteiger partial charge in [-0.2, -0.15) is 0 Å². The number of rotatable bonds is 12.